The van der Waals surface area contributed by atoms with Gasteiger partial charge in [0.25, 0.3) is 0 Å². The van der Waals surface area contributed by atoms with Crippen molar-refractivity contribution >= 4 is 0 Å². The van der Waals surface area contributed by atoms with Crippen LogP contribution in [0.25, 0.3) is 0 Å². The summed E-state index contributed by atoms with van der Waals surface area (Å²) >= 11 is 0. The third kappa shape index (κ3) is 0.827. The summed E-state index contributed by atoms with van der Waals surface area (Å²) in [4.78, 5) is 0. The highest BCUT2D eigenvalue weighted by molar-refractivity contribution is 5.11. The molecule has 1 saturated carbocycles. The first-order chi connectivity index (χ1) is 4.40. The van der Waals surface area contributed by atoms with Crippen molar-refractivity contribution < 1.29 is 0 Å². The number of rotatable bonds is 1. The lowest BCUT2D eigenvalue weighted by Crippen LogP contribution is -1.98. The average molecular weight is 119 g/mol. The topological polar surface area (TPSA) is 0 Å². The Morgan fingerprint density at radius 2 is 2.22 bits per heavy atom. The summed E-state index contributed by atoms with van der Waals surface area (Å²) in [6, 6.07) is 0. The van der Waals surface area contributed by atoms with Gasteiger partial charge in [0.05, 0.1) is 0 Å². The van der Waals surface area contributed by atoms with Crippen molar-refractivity contribution in [2.75, 3.05) is 0 Å². The predicted molar refractivity (Wildman–Crippen MR) is 37.7 cm³/mol. The molecule has 0 N–H and O–H groups in total. The first-order valence-electron chi connectivity index (χ1n) is 3.61. The normalized spacial score (nSPS) is 46.0. The third-order valence-corrected chi connectivity index (χ3v) is 2.39. The second-order valence-electron chi connectivity index (χ2n) is 3.09. The first-order valence-corrected chi connectivity index (χ1v) is 3.61. The summed E-state index contributed by atoms with van der Waals surface area (Å²) in [5, 5.41) is 0. The zero-order chi connectivity index (χ0) is 6.27. The van der Waals surface area contributed by atoms with Crippen LogP contribution in [0.1, 0.15) is 12.8 Å². The molecule has 0 spiro atoms. The van der Waals surface area contributed by atoms with Gasteiger partial charge in [0.2, 0.25) is 0 Å². The maximum atomic E-state index is 3.66. The van der Waals surface area contributed by atoms with Gasteiger partial charge in [-0.3, -0.25) is 0 Å². The molecule has 1 fully saturated rings. The molecule has 0 heteroatoms. The Morgan fingerprint density at radius 3 is 2.89 bits per heavy atom. The number of fused-ring (bicyclic) bond motifs is 1. The number of allylic oxidation sites excluding steroid dienone is 3. The summed E-state index contributed by atoms with van der Waals surface area (Å²) in [7, 11) is 0. The lowest BCUT2D eigenvalue weighted by molar-refractivity contribution is 0.584. The van der Waals surface area contributed by atoms with E-state index < -0.39 is 0 Å². The quantitative estimate of drug-likeness (QED) is 0.464. The summed E-state index contributed by atoms with van der Waals surface area (Å²) in [6.45, 7) is 3.66. The summed E-state index contributed by atoms with van der Waals surface area (Å²) in [5.74, 6) is 2.50. The minimum atomic E-state index is 0.564. The molecule has 0 heterocycles. The van der Waals surface area contributed by atoms with E-state index in [0.717, 1.165) is 11.8 Å². The van der Waals surface area contributed by atoms with Crippen LogP contribution < -0.4 is 0 Å². The maximum absolute atomic E-state index is 3.66. The van der Waals surface area contributed by atoms with E-state index in [9.17, 15) is 0 Å². The van der Waals surface area contributed by atoms with Crippen LogP contribution in [0.2, 0.25) is 0 Å². The highest BCUT2D eigenvalue weighted by Gasteiger charge is 2.37. The van der Waals surface area contributed by atoms with E-state index in [2.05, 4.69) is 24.8 Å². The predicted octanol–water partition coefficient (Wildman–Crippen LogP) is 2.19. The molecule has 0 nitrogen and oxygen atoms in total. The van der Waals surface area contributed by atoms with Crippen molar-refractivity contribution in [3.8, 4) is 0 Å². The van der Waals surface area contributed by atoms with Gasteiger partial charge in [-0.15, -0.1) is 0 Å². The Labute approximate surface area is 56.3 Å². The van der Waals surface area contributed by atoms with Gasteiger partial charge in [-0.05, 0) is 30.8 Å². The van der Waals surface area contributed by atoms with Crippen molar-refractivity contribution in [1.82, 2.24) is 0 Å². The van der Waals surface area contributed by atoms with Gasteiger partial charge in [-0.1, -0.05) is 18.7 Å². The monoisotopic (exact) mass is 119 g/mol. The Bertz CT molecular complexity index is 155. The fraction of sp³-hybridized carbons (Fsp3) is 0.556. The van der Waals surface area contributed by atoms with Gasteiger partial charge in [-0.2, -0.15) is 0 Å². The van der Waals surface area contributed by atoms with Crippen LogP contribution in [0.4, 0.5) is 0 Å². The van der Waals surface area contributed by atoms with Gasteiger partial charge < -0.3 is 0 Å². The highest BCUT2D eigenvalue weighted by Crippen LogP contribution is 2.47. The molecule has 0 aromatic heterocycles. The average Bonchev–Trinajstić information content (AvgIpc) is 2.64. The zero-order valence-corrected chi connectivity index (χ0v) is 5.51. The third-order valence-electron chi connectivity index (χ3n) is 2.39. The molecule has 0 bridgehead atoms. The summed E-state index contributed by atoms with van der Waals surface area (Å²) < 4.78 is 0. The molecule has 3 atom stereocenters. The van der Waals surface area contributed by atoms with Gasteiger partial charge in [0.1, 0.15) is 0 Å². The molecule has 2 aliphatic rings. The number of hydrogen-bond donors (Lipinski definition) is 0. The van der Waals surface area contributed by atoms with Crippen molar-refractivity contribution in [2.24, 2.45) is 17.8 Å². The van der Waals surface area contributed by atoms with Gasteiger partial charge in [0, 0.05) is 5.92 Å². The van der Waals surface area contributed by atoms with E-state index in [0.29, 0.717) is 5.92 Å². The second kappa shape index (κ2) is 1.73. The van der Waals surface area contributed by atoms with Crippen LogP contribution in [0.5, 0.6) is 0 Å². The smallest absolute Gasteiger partial charge is 0.00177 e. The molecule has 0 amide bonds. The van der Waals surface area contributed by atoms with Crippen molar-refractivity contribution in [1.29, 1.82) is 0 Å². The Kier molecular flexibility index (Phi) is 1.01. The van der Waals surface area contributed by atoms with E-state index in [-0.39, 0.29) is 0 Å². The van der Waals surface area contributed by atoms with Crippen molar-refractivity contribution in [2.45, 2.75) is 12.8 Å². The highest BCUT2D eigenvalue weighted by atomic mass is 14.4. The van der Waals surface area contributed by atoms with Crippen molar-refractivity contribution in [3.63, 3.8) is 0 Å². The van der Waals surface area contributed by atoms with Gasteiger partial charge in [-0.25, -0.2) is 0 Å². The lowest BCUT2D eigenvalue weighted by Gasteiger charge is -2.08. The fourth-order valence-corrected chi connectivity index (χ4v) is 1.61. The molecule has 9 heavy (non-hydrogen) atoms. The minimum absolute atomic E-state index is 0.564. The first kappa shape index (κ1) is 5.28. The molecule has 2 aliphatic carbocycles. The van der Waals surface area contributed by atoms with Crippen LogP contribution >= 0.6 is 0 Å². The molecular formula is C9H11. The summed E-state index contributed by atoms with van der Waals surface area (Å²) in [6.07, 6.45) is 10.3. The second-order valence-corrected chi connectivity index (χ2v) is 3.09. The Hall–Kier alpha value is -0.520. The van der Waals surface area contributed by atoms with Crippen LogP contribution in [-0.4, -0.2) is 0 Å². The Balaban J connectivity index is 2.08. The molecule has 0 aliphatic heterocycles. The van der Waals surface area contributed by atoms with Crippen LogP contribution in [-0.2, 0) is 0 Å². The lowest BCUT2D eigenvalue weighted by atomic mass is 9.96. The molecule has 0 aromatic carbocycles. The largest absolute Gasteiger partial charge is 0.0950 e. The summed E-state index contributed by atoms with van der Waals surface area (Å²) in [5.41, 5.74) is 0. The molecule has 47 valence electrons. The van der Waals surface area contributed by atoms with E-state index in [1.165, 1.54) is 12.8 Å². The van der Waals surface area contributed by atoms with Gasteiger partial charge in [0.15, 0.2) is 0 Å². The van der Waals surface area contributed by atoms with E-state index in [1.54, 1.807) is 0 Å². The SMILES string of the molecule is C=[C]C1C=CC2CC2C1. The zero-order valence-electron chi connectivity index (χ0n) is 5.51. The van der Waals surface area contributed by atoms with Crippen molar-refractivity contribution in [3.05, 3.63) is 24.8 Å². The van der Waals surface area contributed by atoms with Crippen LogP contribution in [0.3, 0.4) is 0 Å². The van der Waals surface area contributed by atoms with E-state index in [1.807, 2.05) is 0 Å². The standard InChI is InChI=1S/C9H11/c1-2-7-3-4-8-6-9(8)5-7/h3-4,7-9H,1,5-6H2. The molecule has 2 rings (SSSR count). The molecule has 0 aromatic rings. The fourth-order valence-electron chi connectivity index (χ4n) is 1.61. The van der Waals surface area contributed by atoms with Gasteiger partial charge >= 0.3 is 0 Å². The Morgan fingerprint density at radius 1 is 1.33 bits per heavy atom. The van der Waals surface area contributed by atoms with E-state index >= 15 is 0 Å². The molecular weight excluding hydrogens is 108 g/mol. The minimum Gasteiger partial charge on any atom is -0.0950 e. The molecule has 1 radical (unpaired) electrons. The van der Waals surface area contributed by atoms with E-state index in [4.69, 9.17) is 0 Å². The maximum Gasteiger partial charge on any atom is 0.00177 e. The number of hydrogen-bond acceptors (Lipinski definition) is 0. The van der Waals surface area contributed by atoms with Crippen LogP contribution in [0, 0.1) is 23.8 Å². The molecule has 3 unspecified atom stereocenters. The molecule has 0 saturated heterocycles. The van der Waals surface area contributed by atoms with Crippen LogP contribution in [0.15, 0.2) is 18.7 Å².